The van der Waals surface area contributed by atoms with Gasteiger partial charge in [0.25, 0.3) is 0 Å². The van der Waals surface area contributed by atoms with E-state index in [4.69, 9.17) is 0 Å². The van der Waals surface area contributed by atoms with Gasteiger partial charge in [-0.1, -0.05) is 213 Å². The molecule has 0 aromatic heterocycles. The van der Waals surface area contributed by atoms with E-state index in [1.165, 1.54) is 110 Å². The van der Waals surface area contributed by atoms with Gasteiger partial charge in [-0.2, -0.15) is 0 Å². The minimum absolute atomic E-state index is 0.00579. The molecule has 0 saturated heterocycles. The van der Waals surface area contributed by atoms with Crippen LogP contribution in [-0.2, 0) is 27.1 Å². The first-order chi connectivity index (χ1) is 29.8. The van der Waals surface area contributed by atoms with E-state index in [1.807, 2.05) is 0 Å². The molecular weight excluding hydrogens is 769 g/mol. The number of hydrogen-bond donors (Lipinski definition) is 0. The number of rotatable bonds is 2. The summed E-state index contributed by atoms with van der Waals surface area (Å²) in [6.07, 6.45) is 3.68. The number of benzene rings is 7. The molecule has 7 aromatic carbocycles. The highest BCUT2D eigenvalue weighted by atomic mass is 14.5. The van der Waals surface area contributed by atoms with Crippen LogP contribution in [0.25, 0.3) is 65.7 Å². The lowest BCUT2D eigenvalue weighted by Crippen LogP contribution is -2.28. The van der Waals surface area contributed by atoms with Crippen molar-refractivity contribution in [2.75, 3.05) is 0 Å². The zero-order valence-corrected chi connectivity index (χ0v) is 41.8. The van der Waals surface area contributed by atoms with Gasteiger partial charge in [-0.15, -0.1) is 0 Å². The largest absolute Gasteiger partial charge is 0.0636 e. The van der Waals surface area contributed by atoms with Crippen LogP contribution in [0.3, 0.4) is 0 Å². The number of allylic oxidation sites excluding steroid dienone is 4. The minimum Gasteiger partial charge on any atom is -0.0636 e. The fourth-order valence-corrected chi connectivity index (χ4v) is 11.8. The van der Waals surface area contributed by atoms with Crippen LogP contribution in [0.5, 0.6) is 0 Å². The molecule has 0 fully saturated rings. The lowest BCUT2D eigenvalue weighted by Gasteiger charge is -2.37. The molecule has 0 nitrogen and oxygen atoms in total. The molecule has 0 saturated carbocycles. The third kappa shape index (κ3) is 6.43. The Morgan fingerprint density at radius 3 is 1.48 bits per heavy atom. The lowest BCUT2D eigenvalue weighted by molar-refractivity contribution is 0.373. The topological polar surface area (TPSA) is 0 Å². The normalized spacial score (nSPS) is 18.1. The molecule has 0 radical (unpaired) electrons. The molecule has 10 rings (SSSR count). The minimum atomic E-state index is -0.109. The summed E-state index contributed by atoms with van der Waals surface area (Å²) in [7, 11) is 0. The van der Waals surface area contributed by atoms with Crippen molar-refractivity contribution in [3.8, 4) is 22.3 Å². The van der Waals surface area contributed by atoms with E-state index in [-0.39, 0.29) is 32.5 Å². The predicted octanol–water partition coefficient (Wildman–Crippen LogP) is 18.2. The summed E-state index contributed by atoms with van der Waals surface area (Å²) >= 11 is 0. The van der Waals surface area contributed by atoms with Crippen molar-refractivity contribution in [3.63, 3.8) is 0 Å². The zero-order valence-electron chi connectivity index (χ0n) is 41.8. The molecular formula is C64H70. The van der Waals surface area contributed by atoms with E-state index in [0.29, 0.717) is 5.92 Å². The van der Waals surface area contributed by atoms with Crippen LogP contribution in [0, 0.1) is 11.3 Å². The van der Waals surface area contributed by atoms with Crippen LogP contribution in [0.1, 0.15) is 162 Å². The van der Waals surface area contributed by atoms with Crippen molar-refractivity contribution < 1.29 is 0 Å². The van der Waals surface area contributed by atoms with Crippen molar-refractivity contribution in [2.45, 2.75) is 144 Å². The average Bonchev–Trinajstić information content (AvgIpc) is 3.60. The quantitative estimate of drug-likeness (QED) is 0.152. The molecule has 1 atom stereocenters. The van der Waals surface area contributed by atoms with Gasteiger partial charge in [-0.3, -0.25) is 0 Å². The van der Waals surface area contributed by atoms with Crippen molar-refractivity contribution >= 4 is 43.5 Å². The second kappa shape index (κ2) is 13.7. The number of fused-ring (bicyclic) bond motifs is 12. The summed E-state index contributed by atoms with van der Waals surface area (Å²) < 4.78 is 0. The SMILES string of the molecule is CC(C)(C)C1=CC(c2ccc3c4ccc(-c5cc(C(C)(C)C)cc6c5-c5ccc(C(C)(C)C)cc5C6(C)C)cc4c4ccccc4c3c2)=C2c3ccc(C(C)(C)C)cc3C(C)(C)C2C1. The Kier molecular flexibility index (Phi) is 9.13. The Morgan fingerprint density at radius 1 is 0.422 bits per heavy atom. The number of hydrogen-bond acceptors (Lipinski definition) is 0. The molecule has 0 heterocycles. The molecule has 0 N–H and O–H groups in total. The Bertz CT molecular complexity index is 3170. The summed E-state index contributed by atoms with van der Waals surface area (Å²) in [5.74, 6) is 0.422. The van der Waals surface area contributed by atoms with Crippen LogP contribution in [-0.4, -0.2) is 0 Å². The van der Waals surface area contributed by atoms with E-state index in [2.05, 4.69) is 226 Å². The fourth-order valence-electron chi connectivity index (χ4n) is 11.8. The van der Waals surface area contributed by atoms with Gasteiger partial charge in [-0.25, -0.2) is 0 Å². The first-order valence-electron chi connectivity index (χ1n) is 24.1. The van der Waals surface area contributed by atoms with Gasteiger partial charge in [0.2, 0.25) is 0 Å². The Morgan fingerprint density at radius 2 is 0.922 bits per heavy atom. The van der Waals surface area contributed by atoms with Crippen molar-refractivity contribution in [1.29, 1.82) is 0 Å². The van der Waals surface area contributed by atoms with Crippen molar-refractivity contribution in [3.05, 3.63) is 165 Å². The first kappa shape index (κ1) is 42.7. The second-order valence-electron chi connectivity index (χ2n) is 25.1. The fraction of sp³-hybridized carbons (Fsp3) is 0.375. The van der Waals surface area contributed by atoms with Crippen LogP contribution in [0.4, 0.5) is 0 Å². The molecule has 326 valence electrons. The monoisotopic (exact) mass is 839 g/mol. The van der Waals surface area contributed by atoms with E-state index >= 15 is 0 Å². The van der Waals surface area contributed by atoms with Gasteiger partial charge >= 0.3 is 0 Å². The zero-order chi connectivity index (χ0) is 45.8. The van der Waals surface area contributed by atoms with Gasteiger partial charge < -0.3 is 0 Å². The molecule has 3 aliphatic rings. The van der Waals surface area contributed by atoms with E-state index in [9.17, 15) is 0 Å². The third-order valence-electron chi connectivity index (χ3n) is 16.1. The molecule has 1 unspecified atom stereocenters. The molecule has 0 amide bonds. The van der Waals surface area contributed by atoms with Crippen molar-refractivity contribution in [2.24, 2.45) is 11.3 Å². The van der Waals surface area contributed by atoms with Crippen LogP contribution in [0.15, 0.2) is 121 Å². The highest BCUT2D eigenvalue weighted by Crippen LogP contribution is 2.60. The smallest absolute Gasteiger partial charge is 0.0159 e. The summed E-state index contributed by atoms with van der Waals surface area (Å²) in [5.41, 5.74) is 21.5. The van der Waals surface area contributed by atoms with Gasteiger partial charge in [-0.05, 0) is 168 Å². The summed E-state index contributed by atoms with van der Waals surface area (Å²) in [6, 6.07) is 43.7. The highest BCUT2D eigenvalue weighted by molar-refractivity contribution is 6.26. The van der Waals surface area contributed by atoms with Gasteiger partial charge in [0, 0.05) is 5.41 Å². The van der Waals surface area contributed by atoms with E-state index in [1.54, 1.807) is 5.57 Å². The maximum absolute atomic E-state index is 2.58. The summed E-state index contributed by atoms with van der Waals surface area (Å²) in [5, 5.41) is 7.92. The van der Waals surface area contributed by atoms with E-state index in [0.717, 1.165) is 6.42 Å². The Labute approximate surface area is 384 Å². The van der Waals surface area contributed by atoms with Gasteiger partial charge in [0.1, 0.15) is 0 Å². The third-order valence-corrected chi connectivity index (χ3v) is 16.1. The van der Waals surface area contributed by atoms with Crippen LogP contribution < -0.4 is 0 Å². The molecule has 64 heavy (non-hydrogen) atoms. The predicted molar refractivity (Wildman–Crippen MR) is 280 cm³/mol. The Hall–Kier alpha value is -5.20. The van der Waals surface area contributed by atoms with Crippen LogP contribution in [0.2, 0.25) is 0 Å². The van der Waals surface area contributed by atoms with E-state index < -0.39 is 0 Å². The molecule has 3 aliphatic carbocycles. The Balaban J connectivity index is 1.20. The summed E-state index contributed by atoms with van der Waals surface area (Å²) in [6.45, 7) is 38.2. The molecule has 0 spiro atoms. The van der Waals surface area contributed by atoms with Crippen LogP contribution >= 0.6 is 0 Å². The van der Waals surface area contributed by atoms with Gasteiger partial charge in [0.05, 0.1) is 0 Å². The maximum atomic E-state index is 2.58. The highest BCUT2D eigenvalue weighted by Gasteiger charge is 2.47. The van der Waals surface area contributed by atoms with Crippen molar-refractivity contribution in [1.82, 2.24) is 0 Å². The standard InChI is InChI=1S/C64H70/c1-59(2,3)39-23-27-47-53(33-39)63(13,14)55-35-41(61(7,8)9)31-49(57(47)55)37-21-25-45-46-26-22-38(30-52(46)44-20-18-17-19-43(44)51(45)29-37)50-32-42(62(10,11)12)36-56-58(50)48-28-24-40(60(4,5)6)34-54(48)64(56,15)16/h17-35,56H,36H2,1-16H3. The average molecular weight is 839 g/mol. The first-order valence-corrected chi connectivity index (χ1v) is 24.1. The molecule has 0 aliphatic heterocycles. The second-order valence-corrected chi connectivity index (χ2v) is 25.1. The van der Waals surface area contributed by atoms with Gasteiger partial charge in [0.15, 0.2) is 0 Å². The maximum Gasteiger partial charge on any atom is 0.0159 e. The molecule has 0 bridgehead atoms. The molecule has 7 aromatic rings. The lowest BCUT2D eigenvalue weighted by atomic mass is 9.67. The molecule has 0 heteroatoms. The summed E-state index contributed by atoms with van der Waals surface area (Å²) in [4.78, 5) is 0.